The van der Waals surface area contributed by atoms with Gasteiger partial charge in [0, 0.05) is 17.6 Å². The lowest BCUT2D eigenvalue weighted by atomic mass is 10.0. The van der Waals surface area contributed by atoms with Crippen molar-refractivity contribution in [3.63, 3.8) is 0 Å². The van der Waals surface area contributed by atoms with Crippen molar-refractivity contribution in [1.29, 1.82) is 0 Å². The van der Waals surface area contributed by atoms with Crippen LogP contribution < -0.4 is 5.32 Å². The Labute approximate surface area is 134 Å². The molecule has 0 aromatic heterocycles. The van der Waals surface area contributed by atoms with Crippen LogP contribution in [0.4, 0.5) is 4.39 Å². The Morgan fingerprint density at radius 2 is 1.67 bits per heavy atom. The van der Waals surface area contributed by atoms with Crippen molar-refractivity contribution < 1.29 is 4.39 Å². The van der Waals surface area contributed by atoms with Crippen molar-refractivity contribution in [2.75, 3.05) is 0 Å². The molecule has 2 aromatic carbocycles. The first-order chi connectivity index (χ1) is 10.0. The number of benzene rings is 2. The number of halogens is 2. The van der Waals surface area contributed by atoms with Crippen LogP contribution in [0.3, 0.4) is 0 Å². The third kappa shape index (κ3) is 5.25. The smallest absolute Gasteiger partial charge is 0.123 e. The molecule has 112 valence electrons. The van der Waals surface area contributed by atoms with Gasteiger partial charge >= 0.3 is 0 Å². The van der Waals surface area contributed by atoms with Crippen LogP contribution in [-0.4, -0.2) is 0 Å². The molecular weight excluding hydrogens is 329 g/mol. The first-order valence-corrected chi connectivity index (χ1v) is 8.06. The molecule has 0 radical (unpaired) electrons. The maximum Gasteiger partial charge on any atom is 0.123 e. The van der Waals surface area contributed by atoms with Crippen LogP contribution in [0.25, 0.3) is 0 Å². The molecule has 0 aliphatic carbocycles. The molecular formula is C18H21BrFN. The lowest BCUT2D eigenvalue weighted by molar-refractivity contribution is 0.619. The van der Waals surface area contributed by atoms with E-state index >= 15 is 0 Å². The Hall–Kier alpha value is -1.19. The molecule has 2 rings (SSSR count). The number of nitrogens with one attached hydrogen (secondary N) is 1. The molecule has 0 aliphatic heterocycles. The Morgan fingerprint density at radius 1 is 1.00 bits per heavy atom. The molecule has 0 spiro atoms. The minimum Gasteiger partial charge on any atom is -0.309 e. The highest BCUT2D eigenvalue weighted by Gasteiger charge is 2.02. The summed E-state index contributed by atoms with van der Waals surface area (Å²) in [6, 6.07) is 13.5. The minimum atomic E-state index is -0.201. The van der Waals surface area contributed by atoms with Gasteiger partial charge in [-0.2, -0.15) is 0 Å². The molecule has 2 aromatic rings. The summed E-state index contributed by atoms with van der Waals surface area (Å²) in [5.74, 6) is 0.479. The molecule has 0 saturated heterocycles. The van der Waals surface area contributed by atoms with E-state index in [-0.39, 0.29) is 5.82 Å². The number of rotatable bonds is 6. The normalized spacial score (nSPS) is 11.1. The molecule has 0 heterocycles. The van der Waals surface area contributed by atoms with Crippen molar-refractivity contribution in [2.45, 2.75) is 33.4 Å². The summed E-state index contributed by atoms with van der Waals surface area (Å²) in [4.78, 5) is 0. The Morgan fingerprint density at radius 3 is 2.33 bits per heavy atom. The molecule has 21 heavy (non-hydrogen) atoms. The third-order valence-electron chi connectivity index (χ3n) is 3.32. The Kier molecular flexibility index (Phi) is 5.95. The molecule has 1 nitrogen and oxygen atoms in total. The van der Waals surface area contributed by atoms with Crippen LogP contribution in [-0.2, 0) is 19.5 Å². The van der Waals surface area contributed by atoms with Gasteiger partial charge in [0.15, 0.2) is 0 Å². The maximum atomic E-state index is 13.2. The fourth-order valence-corrected chi connectivity index (χ4v) is 2.67. The minimum absolute atomic E-state index is 0.201. The summed E-state index contributed by atoms with van der Waals surface area (Å²) in [7, 11) is 0. The number of hydrogen-bond acceptors (Lipinski definition) is 1. The predicted octanol–water partition coefficient (Wildman–Crippen LogP) is 5.08. The third-order valence-corrected chi connectivity index (χ3v) is 4.09. The van der Waals surface area contributed by atoms with Gasteiger partial charge in [-0.1, -0.05) is 54.0 Å². The zero-order valence-electron chi connectivity index (χ0n) is 12.5. The van der Waals surface area contributed by atoms with E-state index in [4.69, 9.17) is 0 Å². The van der Waals surface area contributed by atoms with Crippen molar-refractivity contribution >= 4 is 15.9 Å². The fraction of sp³-hybridized carbons (Fsp3) is 0.333. The van der Waals surface area contributed by atoms with E-state index in [2.05, 4.69) is 59.4 Å². The van der Waals surface area contributed by atoms with E-state index < -0.39 is 0 Å². The van der Waals surface area contributed by atoms with E-state index in [0.29, 0.717) is 12.5 Å². The van der Waals surface area contributed by atoms with Gasteiger partial charge in [0.25, 0.3) is 0 Å². The summed E-state index contributed by atoms with van der Waals surface area (Å²) in [5, 5.41) is 3.35. The molecule has 0 aliphatic rings. The van der Waals surface area contributed by atoms with Crippen LogP contribution in [0.2, 0.25) is 0 Å². The lowest BCUT2D eigenvalue weighted by Gasteiger charge is -2.09. The molecule has 3 heteroatoms. The van der Waals surface area contributed by atoms with Gasteiger partial charge < -0.3 is 5.32 Å². The standard InChI is InChI=1S/C18H21BrFN/c1-13(2)9-14-3-5-15(6-4-14)11-21-12-16-10-17(20)7-8-18(16)19/h3-8,10,13,21H,9,11-12H2,1-2H3. The van der Waals surface area contributed by atoms with Gasteiger partial charge in [-0.15, -0.1) is 0 Å². The lowest BCUT2D eigenvalue weighted by Crippen LogP contribution is -2.13. The van der Waals surface area contributed by atoms with Crippen molar-refractivity contribution in [3.8, 4) is 0 Å². The molecule has 0 amide bonds. The van der Waals surface area contributed by atoms with E-state index in [0.717, 1.165) is 23.0 Å². The van der Waals surface area contributed by atoms with Crippen LogP contribution in [0, 0.1) is 11.7 Å². The highest BCUT2D eigenvalue weighted by molar-refractivity contribution is 9.10. The van der Waals surface area contributed by atoms with E-state index in [1.54, 1.807) is 12.1 Å². The number of hydrogen-bond donors (Lipinski definition) is 1. The van der Waals surface area contributed by atoms with Crippen molar-refractivity contribution in [3.05, 3.63) is 69.4 Å². The van der Waals surface area contributed by atoms with Crippen molar-refractivity contribution in [2.24, 2.45) is 5.92 Å². The second-order valence-corrected chi connectivity index (χ2v) is 6.61. The second kappa shape index (κ2) is 7.71. The van der Waals surface area contributed by atoms with Gasteiger partial charge in [0.2, 0.25) is 0 Å². The molecule has 0 saturated carbocycles. The summed E-state index contributed by atoms with van der Waals surface area (Å²) in [6.07, 6.45) is 1.12. The average molecular weight is 350 g/mol. The molecule has 0 bridgehead atoms. The first kappa shape index (κ1) is 16.2. The zero-order valence-corrected chi connectivity index (χ0v) is 14.1. The molecule has 0 unspecified atom stereocenters. The Balaban J connectivity index is 1.87. The van der Waals surface area contributed by atoms with Gasteiger partial charge in [0.05, 0.1) is 0 Å². The van der Waals surface area contributed by atoms with Crippen LogP contribution in [0.1, 0.15) is 30.5 Å². The summed E-state index contributed by atoms with van der Waals surface area (Å²) >= 11 is 3.44. The summed E-state index contributed by atoms with van der Waals surface area (Å²) < 4.78 is 14.1. The molecule has 1 N–H and O–H groups in total. The van der Waals surface area contributed by atoms with Crippen LogP contribution in [0.5, 0.6) is 0 Å². The second-order valence-electron chi connectivity index (χ2n) is 5.75. The monoisotopic (exact) mass is 349 g/mol. The summed E-state index contributed by atoms with van der Waals surface area (Å²) in [6.45, 7) is 5.88. The fourth-order valence-electron chi connectivity index (χ4n) is 2.28. The molecule has 0 atom stereocenters. The van der Waals surface area contributed by atoms with E-state index in [1.807, 2.05) is 0 Å². The highest BCUT2D eigenvalue weighted by atomic mass is 79.9. The molecule has 0 fully saturated rings. The Bertz CT molecular complexity index is 578. The van der Waals surface area contributed by atoms with Gasteiger partial charge in [-0.25, -0.2) is 4.39 Å². The van der Waals surface area contributed by atoms with E-state index in [1.165, 1.54) is 17.2 Å². The van der Waals surface area contributed by atoms with Crippen LogP contribution in [0.15, 0.2) is 46.9 Å². The SMILES string of the molecule is CC(C)Cc1ccc(CNCc2cc(F)ccc2Br)cc1. The average Bonchev–Trinajstić information content (AvgIpc) is 2.44. The summed E-state index contributed by atoms with van der Waals surface area (Å²) in [5.41, 5.74) is 3.56. The van der Waals surface area contributed by atoms with Crippen LogP contribution >= 0.6 is 15.9 Å². The quantitative estimate of drug-likeness (QED) is 0.766. The van der Waals surface area contributed by atoms with Gasteiger partial charge in [-0.3, -0.25) is 0 Å². The highest BCUT2D eigenvalue weighted by Crippen LogP contribution is 2.17. The van der Waals surface area contributed by atoms with Crippen molar-refractivity contribution in [1.82, 2.24) is 5.32 Å². The largest absolute Gasteiger partial charge is 0.309 e. The topological polar surface area (TPSA) is 12.0 Å². The van der Waals surface area contributed by atoms with E-state index in [9.17, 15) is 4.39 Å². The zero-order chi connectivity index (χ0) is 15.2. The predicted molar refractivity (Wildman–Crippen MR) is 89.6 cm³/mol. The van der Waals surface area contributed by atoms with Gasteiger partial charge in [-0.05, 0) is 47.2 Å². The first-order valence-electron chi connectivity index (χ1n) is 7.27. The van der Waals surface area contributed by atoms with Gasteiger partial charge in [0.1, 0.15) is 5.82 Å². The maximum absolute atomic E-state index is 13.2.